The number of carbonyl (C=O) groups is 1. The number of ether oxygens (including phenoxy) is 1. The second kappa shape index (κ2) is 4.89. The van der Waals surface area contributed by atoms with Gasteiger partial charge in [0, 0.05) is 23.7 Å². The summed E-state index contributed by atoms with van der Waals surface area (Å²) in [6.07, 6.45) is 10.3. The molecular weight excluding hydrogens is 339 g/mol. The first-order chi connectivity index (χ1) is 12.8. The SMILES string of the molecule is CC1=CC2=CCC3C(C(F)C[C@@]4(C)C3[C@@H]3C[C@@H]3[C@@]43CCC(=O)O3)[C@@]2(C)CC1. The molecule has 3 saturated carbocycles. The Morgan fingerprint density at radius 3 is 2.70 bits per heavy atom. The maximum atomic E-state index is 16.0. The monoisotopic (exact) mass is 370 g/mol. The molecule has 1 heterocycles. The van der Waals surface area contributed by atoms with Crippen molar-refractivity contribution < 1.29 is 13.9 Å². The summed E-state index contributed by atoms with van der Waals surface area (Å²) in [7, 11) is 0. The van der Waals surface area contributed by atoms with Crippen LogP contribution in [0.25, 0.3) is 0 Å². The molecule has 146 valence electrons. The van der Waals surface area contributed by atoms with Gasteiger partial charge in [0.15, 0.2) is 0 Å². The maximum absolute atomic E-state index is 16.0. The van der Waals surface area contributed by atoms with Crippen molar-refractivity contribution in [2.75, 3.05) is 0 Å². The molecule has 0 bridgehead atoms. The van der Waals surface area contributed by atoms with Crippen LogP contribution in [0.2, 0.25) is 0 Å². The summed E-state index contributed by atoms with van der Waals surface area (Å²) in [5, 5.41) is 0. The summed E-state index contributed by atoms with van der Waals surface area (Å²) in [6, 6.07) is 0. The van der Waals surface area contributed by atoms with Crippen LogP contribution in [0.5, 0.6) is 0 Å². The lowest BCUT2D eigenvalue weighted by atomic mass is 9.45. The third kappa shape index (κ3) is 1.81. The third-order valence-corrected chi connectivity index (χ3v) is 9.98. The fourth-order valence-electron chi connectivity index (χ4n) is 8.89. The predicted molar refractivity (Wildman–Crippen MR) is 102 cm³/mol. The van der Waals surface area contributed by atoms with Crippen molar-refractivity contribution in [2.24, 2.45) is 40.4 Å². The summed E-state index contributed by atoms with van der Waals surface area (Å²) in [5.74, 6) is 2.16. The van der Waals surface area contributed by atoms with Crippen LogP contribution in [-0.4, -0.2) is 17.7 Å². The highest BCUT2D eigenvalue weighted by molar-refractivity contribution is 5.73. The number of hydrogen-bond acceptors (Lipinski definition) is 2. The van der Waals surface area contributed by atoms with Crippen molar-refractivity contribution in [1.29, 1.82) is 0 Å². The molecule has 27 heavy (non-hydrogen) atoms. The van der Waals surface area contributed by atoms with Crippen LogP contribution in [0.3, 0.4) is 0 Å². The van der Waals surface area contributed by atoms with Crippen molar-refractivity contribution in [3.8, 4) is 0 Å². The van der Waals surface area contributed by atoms with E-state index < -0.39 is 6.17 Å². The normalized spacial score (nSPS) is 57.9. The molecule has 4 fully saturated rings. The number of esters is 1. The van der Waals surface area contributed by atoms with Crippen LogP contribution >= 0.6 is 0 Å². The number of carbonyl (C=O) groups excluding carboxylic acids is 1. The zero-order valence-corrected chi connectivity index (χ0v) is 16.8. The molecular formula is C24H31FO2. The molecule has 0 N–H and O–H groups in total. The molecule has 2 nitrogen and oxygen atoms in total. The Balaban J connectivity index is 1.45. The van der Waals surface area contributed by atoms with Gasteiger partial charge in [-0.25, -0.2) is 4.39 Å². The Morgan fingerprint density at radius 2 is 1.96 bits per heavy atom. The predicted octanol–water partition coefficient (Wildman–Crippen LogP) is 5.39. The Hall–Kier alpha value is -1.12. The van der Waals surface area contributed by atoms with E-state index in [0.29, 0.717) is 36.5 Å². The van der Waals surface area contributed by atoms with Crippen molar-refractivity contribution in [2.45, 2.75) is 77.5 Å². The van der Waals surface area contributed by atoms with Crippen LogP contribution in [0, 0.1) is 40.4 Å². The van der Waals surface area contributed by atoms with Crippen molar-refractivity contribution in [1.82, 2.24) is 0 Å². The highest BCUT2D eigenvalue weighted by Gasteiger charge is 2.80. The molecule has 0 aromatic carbocycles. The van der Waals surface area contributed by atoms with Crippen LogP contribution in [-0.2, 0) is 9.53 Å². The van der Waals surface area contributed by atoms with Crippen molar-refractivity contribution in [3.63, 3.8) is 0 Å². The molecule has 0 radical (unpaired) electrons. The molecule has 6 aliphatic rings. The number of allylic oxidation sites excluding steroid dienone is 4. The van der Waals surface area contributed by atoms with Crippen molar-refractivity contribution >= 4 is 5.97 Å². The summed E-state index contributed by atoms with van der Waals surface area (Å²) in [4.78, 5) is 12.1. The molecule has 1 spiro atoms. The average molecular weight is 371 g/mol. The molecule has 0 aromatic heterocycles. The van der Waals surface area contributed by atoms with Gasteiger partial charge in [-0.05, 0) is 74.2 Å². The zero-order valence-electron chi connectivity index (χ0n) is 16.8. The third-order valence-electron chi connectivity index (χ3n) is 9.98. The van der Waals surface area contributed by atoms with Gasteiger partial charge in [-0.2, -0.15) is 0 Å². The smallest absolute Gasteiger partial charge is 0.306 e. The van der Waals surface area contributed by atoms with Gasteiger partial charge in [0.1, 0.15) is 11.8 Å². The van der Waals surface area contributed by atoms with Gasteiger partial charge in [-0.1, -0.05) is 31.6 Å². The lowest BCUT2D eigenvalue weighted by Gasteiger charge is -2.60. The van der Waals surface area contributed by atoms with E-state index in [1.165, 1.54) is 17.6 Å². The van der Waals surface area contributed by atoms with Crippen LogP contribution in [0.4, 0.5) is 4.39 Å². The van der Waals surface area contributed by atoms with Crippen LogP contribution in [0.15, 0.2) is 23.3 Å². The Labute approximate surface area is 161 Å². The highest BCUT2D eigenvalue weighted by atomic mass is 19.1. The zero-order chi connectivity index (χ0) is 18.8. The second-order valence-electron chi connectivity index (χ2n) is 11.0. The quantitative estimate of drug-likeness (QED) is 0.535. The van der Waals surface area contributed by atoms with E-state index in [0.717, 1.165) is 25.7 Å². The van der Waals surface area contributed by atoms with Gasteiger partial charge in [0.05, 0.1) is 0 Å². The Bertz CT molecular complexity index is 798. The van der Waals surface area contributed by atoms with Gasteiger partial charge < -0.3 is 4.74 Å². The summed E-state index contributed by atoms with van der Waals surface area (Å²) in [5.41, 5.74) is 2.28. The van der Waals surface area contributed by atoms with E-state index in [1.54, 1.807) is 0 Å². The minimum absolute atomic E-state index is 0.0182. The molecule has 6 rings (SSSR count). The highest BCUT2D eigenvalue weighted by Crippen LogP contribution is 2.79. The van der Waals surface area contributed by atoms with Gasteiger partial charge in [-0.15, -0.1) is 0 Å². The molecule has 1 aliphatic heterocycles. The van der Waals surface area contributed by atoms with Gasteiger partial charge in [0.2, 0.25) is 0 Å². The minimum Gasteiger partial charge on any atom is -0.458 e. The van der Waals surface area contributed by atoms with E-state index in [2.05, 4.69) is 32.9 Å². The number of rotatable bonds is 0. The molecule has 5 aliphatic carbocycles. The fraction of sp³-hybridized carbons (Fsp3) is 0.792. The molecule has 0 aromatic rings. The summed E-state index contributed by atoms with van der Waals surface area (Å²) < 4.78 is 22.1. The number of halogens is 1. The first kappa shape index (κ1) is 16.8. The maximum Gasteiger partial charge on any atom is 0.306 e. The number of alkyl halides is 1. The lowest BCUT2D eigenvalue weighted by Crippen LogP contribution is -2.59. The molecule has 0 amide bonds. The molecule has 3 heteroatoms. The van der Waals surface area contributed by atoms with E-state index in [9.17, 15) is 4.79 Å². The fourth-order valence-corrected chi connectivity index (χ4v) is 8.89. The topological polar surface area (TPSA) is 26.3 Å². The van der Waals surface area contributed by atoms with Gasteiger partial charge in [0.25, 0.3) is 0 Å². The van der Waals surface area contributed by atoms with Crippen LogP contribution < -0.4 is 0 Å². The first-order valence-electron chi connectivity index (χ1n) is 11.0. The molecule has 4 unspecified atom stereocenters. The Morgan fingerprint density at radius 1 is 1.15 bits per heavy atom. The minimum atomic E-state index is -0.787. The average Bonchev–Trinajstić information content (AvgIpc) is 3.24. The van der Waals surface area contributed by atoms with E-state index in [-0.39, 0.29) is 28.3 Å². The molecule has 1 saturated heterocycles. The largest absolute Gasteiger partial charge is 0.458 e. The van der Waals surface area contributed by atoms with E-state index in [4.69, 9.17) is 4.74 Å². The standard InChI is InChI=1S/C24H31FO2/c1-13-6-8-22(2)14(10-13)4-5-15-20-16-11-17(16)24(9-7-19(26)27-24)23(20,3)12-18(25)21(15)22/h4,10,15-18,20-21H,5-9,11-12H2,1-3H3/t15?,16-,17+,18?,20?,21?,22+,23+,24+/m1/s1. The number of hydrogen-bond donors (Lipinski definition) is 0. The first-order valence-corrected chi connectivity index (χ1v) is 11.0. The molecule has 9 atom stereocenters. The van der Waals surface area contributed by atoms with Crippen LogP contribution in [0.1, 0.15) is 65.7 Å². The van der Waals surface area contributed by atoms with Gasteiger partial charge in [-0.3, -0.25) is 4.79 Å². The van der Waals surface area contributed by atoms with Gasteiger partial charge >= 0.3 is 5.97 Å². The van der Waals surface area contributed by atoms with E-state index in [1.807, 2.05) is 0 Å². The van der Waals surface area contributed by atoms with E-state index >= 15 is 4.39 Å². The summed E-state index contributed by atoms with van der Waals surface area (Å²) in [6.45, 7) is 6.82. The lowest BCUT2D eigenvalue weighted by molar-refractivity contribution is -0.184. The summed E-state index contributed by atoms with van der Waals surface area (Å²) >= 11 is 0. The Kier molecular flexibility index (Phi) is 3.04. The number of fused-ring (bicyclic) bond motifs is 9. The van der Waals surface area contributed by atoms with Crippen molar-refractivity contribution in [3.05, 3.63) is 23.3 Å². The second-order valence-corrected chi connectivity index (χ2v) is 11.0.